The van der Waals surface area contributed by atoms with Crippen molar-refractivity contribution >= 4 is 16.4 Å². The maximum absolute atomic E-state index is 14.7. The van der Waals surface area contributed by atoms with E-state index < -0.39 is 210 Å². The number of carbonyl (C=O) groups is 1. The van der Waals surface area contributed by atoms with E-state index in [1.54, 1.807) is 13.0 Å². The molecule has 11 N–H and O–H groups in total. The van der Waals surface area contributed by atoms with Crippen LogP contribution >= 0.6 is 0 Å². The topological polar surface area (TPSA) is 408 Å². The summed E-state index contributed by atoms with van der Waals surface area (Å²) in [7, 11) is -4.27. The summed E-state index contributed by atoms with van der Waals surface area (Å²) in [6.45, 7) is 13.0. The fourth-order valence-electron chi connectivity index (χ4n) is 17.0. The van der Waals surface area contributed by atoms with E-state index in [1.807, 2.05) is 34.6 Å². The number of aliphatic hydroxyl groups excluding tert-OH is 10. The van der Waals surface area contributed by atoms with Crippen LogP contribution in [0.2, 0.25) is 0 Å². The van der Waals surface area contributed by atoms with Gasteiger partial charge in [0.05, 0.1) is 43.7 Å². The zero-order valence-corrected chi connectivity index (χ0v) is 51.4. The molecule has 9 fully saturated rings. The van der Waals surface area contributed by atoms with Crippen LogP contribution in [0.15, 0.2) is 11.6 Å². The third kappa shape index (κ3) is 10.5. The molecule has 83 heavy (non-hydrogen) atoms. The van der Waals surface area contributed by atoms with Crippen molar-refractivity contribution in [1.82, 2.24) is 0 Å². The summed E-state index contributed by atoms with van der Waals surface area (Å²) >= 11 is 0. The minimum absolute atomic E-state index is 0. The van der Waals surface area contributed by atoms with Crippen LogP contribution in [0.5, 0.6) is 0 Å². The van der Waals surface area contributed by atoms with Gasteiger partial charge < -0.3 is 113 Å². The van der Waals surface area contributed by atoms with Gasteiger partial charge in [-0.2, -0.15) is 0 Å². The molecule has 3 saturated carbocycles. The Balaban J connectivity index is 0.00000828. The predicted molar refractivity (Wildman–Crippen MR) is 271 cm³/mol. The van der Waals surface area contributed by atoms with E-state index in [9.17, 15) is 73.9 Å². The van der Waals surface area contributed by atoms with E-state index in [2.05, 4.69) is 11.1 Å². The van der Waals surface area contributed by atoms with Gasteiger partial charge in [0, 0.05) is 7.11 Å². The Kier molecular flexibility index (Phi) is 18.9. The number of aliphatic hydroxyl groups is 11. The molecular weight excluding hydrogens is 1140 g/mol. The van der Waals surface area contributed by atoms with E-state index in [0.717, 1.165) is 5.57 Å². The van der Waals surface area contributed by atoms with E-state index >= 15 is 0 Å². The Labute approximate surface area is 504 Å². The maximum Gasteiger partial charge on any atom is 1.00 e. The number of ether oxygens (including phenoxy) is 11. The van der Waals surface area contributed by atoms with Crippen molar-refractivity contribution in [2.75, 3.05) is 26.9 Å². The van der Waals surface area contributed by atoms with Crippen molar-refractivity contribution in [2.45, 2.75) is 259 Å². The summed E-state index contributed by atoms with van der Waals surface area (Å²) < 4.78 is 106. The van der Waals surface area contributed by atoms with E-state index in [0.29, 0.717) is 44.9 Å². The molecule has 6 aliphatic heterocycles. The molecule has 6 saturated heterocycles. The van der Waals surface area contributed by atoms with E-state index in [4.69, 9.17) is 52.1 Å². The first-order valence-electron chi connectivity index (χ1n) is 28.6. The first-order chi connectivity index (χ1) is 38.2. The summed E-state index contributed by atoms with van der Waals surface area (Å²) in [5, 5.41) is 125. The molecule has 10 aliphatic rings. The molecule has 29 atom stereocenters. The molecular formula is C54H85NaO27S. The minimum atomic E-state index is -5.44. The van der Waals surface area contributed by atoms with Crippen LogP contribution in [0, 0.1) is 33.5 Å². The molecule has 0 bridgehead atoms. The van der Waals surface area contributed by atoms with Crippen LogP contribution < -0.4 is 29.6 Å². The van der Waals surface area contributed by atoms with Crippen LogP contribution in [0.3, 0.4) is 0 Å². The number of fused-ring (bicyclic) bond motifs is 4. The second kappa shape index (κ2) is 23.5. The Hall–Kier alpha value is -0.760. The predicted octanol–water partition coefficient (Wildman–Crippen LogP) is -5.60. The summed E-state index contributed by atoms with van der Waals surface area (Å²) in [6, 6.07) is 0. The standard InChI is InChI=1S/C54H86O27S.Na/c1-22-39(76-45-38(64)41(33(59)26(20-56)74-45)77-44-37(63)40(70-9)32(58)25(19-55)73-44)35(61)36(62)43(72-22)78-42-34(60)27(81-82(67,68)69)21-71-46(42)75-30-13-15-50(6)24-18-29(57)54-47(65)80-52(8,31-12-14-48(2,3)79-31)53(54,66)17-16-51(54,7)23(24)10-11-28(50)49(30,4)5;/h18,22-23,25-46,55-64,66H,10-17,19-21H2,1-9H3,(H,67,68,69);/q;+1/p-1/t22-,23-,25-,26-,27-,28+,29-,30+,31?,32-,33-,34+,35-,36-,37-,38-,39-,40+,41+,42-,43+,44+,45+,46+,50-,51+,52?,53+,54?;/m1./s1. The summed E-state index contributed by atoms with van der Waals surface area (Å²) in [5.74, 6) is -0.989. The monoisotopic (exact) mass is 1220 g/mol. The molecule has 3 unspecified atom stereocenters. The number of hydrogen-bond donors (Lipinski definition) is 11. The Morgan fingerprint density at radius 3 is 1.86 bits per heavy atom. The van der Waals surface area contributed by atoms with Crippen molar-refractivity contribution in [3.05, 3.63) is 11.6 Å². The third-order valence-corrected chi connectivity index (χ3v) is 21.8. The van der Waals surface area contributed by atoms with Crippen LogP contribution in [0.4, 0.5) is 0 Å². The molecule has 0 aromatic carbocycles. The van der Waals surface area contributed by atoms with Crippen LogP contribution in [0.1, 0.15) is 107 Å². The molecule has 10 rings (SSSR count). The maximum atomic E-state index is 14.7. The molecule has 27 nitrogen and oxygen atoms in total. The van der Waals surface area contributed by atoms with Gasteiger partial charge in [0.1, 0.15) is 103 Å². The molecule has 29 heteroatoms. The third-order valence-electron chi connectivity index (χ3n) is 21.4. The molecule has 6 heterocycles. The minimum Gasteiger partial charge on any atom is -0.726 e. The molecule has 0 aromatic rings. The van der Waals surface area contributed by atoms with Gasteiger partial charge in [-0.1, -0.05) is 39.3 Å². The average molecular weight is 1220 g/mol. The summed E-state index contributed by atoms with van der Waals surface area (Å²) in [5.41, 5.74) is -6.53. The normalized spacial score (nSPS) is 53.0. The first-order valence-corrected chi connectivity index (χ1v) is 29.9. The van der Waals surface area contributed by atoms with Gasteiger partial charge in [-0.05, 0) is 107 Å². The van der Waals surface area contributed by atoms with Gasteiger partial charge in [-0.3, -0.25) is 8.98 Å². The van der Waals surface area contributed by atoms with Gasteiger partial charge in [-0.25, -0.2) is 8.42 Å². The second-order valence-corrected chi connectivity index (χ2v) is 27.5. The molecule has 0 aromatic heterocycles. The van der Waals surface area contributed by atoms with E-state index in [1.165, 1.54) is 14.0 Å². The summed E-state index contributed by atoms with van der Waals surface area (Å²) in [6.07, 6.45) is -29.4. The quantitative estimate of drug-likeness (QED) is 0.0193. The largest absolute Gasteiger partial charge is 1.00 e. The Morgan fingerprint density at radius 1 is 0.675 bits per heavy atom. The zero-order valence-electron chi connectivity index (χ0n) is 48.6. The van der Waals surface area contributed by atoms with Crippen molar-refractivity contribution in [1.29, 1.82) is 0 Å². The molecule has 470 valence electrons. The van der Waals surface area contributed by atoms with Gasteiger partial charge in [0.2, 0.25) is 10.4 Å². The smallest absolute Gasteiger partial charge is 0.726 e. The zero-order chi connectivity index (χ0) is 60.0. The SMILES string of the molecule is CO[C@@H]1[C@@H](O)[C@H](O[C@@H]2[C@@H](O)[C@H](O[C@H]3[C@H](O)[C@@H](O)[C@H](O[C@H]4[C@H](O[C@H]5CC[C@]6(C)C7=C[C@@H](O)C89C(=O)OC(C)(C%10CCC(C)(C)O%10)[C@@]8(O)CC[C@@]9(C)[C@@H]7CC[C@H]6C5(C)C)OC[C@@H](OS(=O)(=O)[O-])[C@@H]4O)O[C@@H]3C)O[C@H](CO)[C@H]2O)O[C@H](CO)[C@H]1O.[Na+]. The molecule has 0 amide bonds. The van der Waals surface area contributed by atoms with Gasteiger partial charge in [-0.15, -0.1) is 0 Å². The second-order valence-electron chi connectivity index (χ2n) is 26.5. The molecule has 4 aliphatic carbocycles. The number of hydrogen-bond acceptors (Lipinski definition) is 27. The number of cyclic esters (lactones) is 1. The number of methoxy groups -OCH3 is 1. The number of esters is 1. The van der Waals surface area contributed by atoms with Gasteiger partial charge in [0.15, 0.2) is 30.8 Å². The van der Waals surface area contributed by atoms with Gasteiger partial charge in [0.25, 0.3) is 0 Å². The first kappa shape index (κ1) is 66.7. The fraction of sp³-hybridized carbons (Fsp3) is 0.944. The Morgan fingerprint density at radius 2 is 1.27 bits per heavy atom. The van der Waals surface area contributed by atoms with Crippen molar-refractivity contribution in [3.8, 4) is 0 Å². The Bertz CT molecular complexity index is 2490. The molecule has 0 radical (unpaired) electrons. The number of rotatable bonds is 14. The van der Waals surface area contributed by atoms with Crippen molar-refractivity contribution < 1.29 is 160 Å². The number of carbonyl (C=O) groups excluding carboxylic acids is 1. The van der Waals surface area contributed by atoms with E-state index in [-0.39, 0.29) is 47.8 Å². The van der Waals surface area contributed by atoms with Gasteiger partial charge >= 0.3 is 35.5 Å². The fourth-order valence-corrected chi connectivity index (χ4v) is 17.4. The van der Waals surface area contributed by atoms with Crippen LogP contribution in [-0.2, 0) is 71.5 Å². The molecule has 1 spiro atoms. The summed E-state index contributed by atoms with van der Waals surface area (Å²) in [4.78, 5) is 14.7. The van der Waals surface area contributed by atoms with Crippen LogP contribution in [-0.4, -0.2) is 254 Å². The van der Waals surface area contributed by atoms with Crippen molar-refractivity contribution in [3.63, 3.8) is 0 Å². The number of allylic oxidation sites excluding steroid dienone is 1. The van der Waals surface area contributed by atoms with Crippen molar-refractivity contribution in [2.24, 2.45) is 33.5 Å². The average Bonchev–Trinajstić information content (AvgIpc) is 1.51. The van der Waals surface area contributed by atoms with Crippen LogP contribution in [0.25, 0.3) is 0 Å².